The molecule has 1 aliphatic carbocycles. The number of carbonyl (C=O) groups excluding carboxylic acids is 2. The maximum absolute atomic E-state index is 13.1. The number of methoxy groups -OCH3 is 1. The second-order valence-corrected chi connectivity index (χ2v) is 15.8. The van der Waals surface area contributed by atoms with Gasteiger partial charge in [-0.15, -0.1) is 0 Å². The van der Waals surface area contributed by atoms with Crippen LogP contribution in [0.3, 0.4) is 0 Å². The molecule has 2 heterocycles. The number of fused-ring (bicyclic) bond motifs is 4. The molecule has 1 unspecified atom stereocenters. The molecule has 7 nitrogen and oxygen atoms in total. The minimum atomic E-state index is -2.00. The molecule has 0 spiro atoms. The number of carbonyl (C=O) groups is 2. The predicted octanol–water partition coefficient (Wildman–Crippen LogP) is 5.70. The fourth-order valence-electron chi connectivity index (χ4n) is 4.59. The molecule has 0 fully saturated rings. The first kappa shape index (κ1) is 24.5. The Hall–Kier alpha value is -2.58. The normalized spacial score (nSPS) is 21.3. The number of rotatable bonds is 5. The van der Waals surface area contributed by atoms with Gasteiger partial charge in [0.15, 0.2) is 25.6 Å². The van der Waals surface area contributed by atoms with Gasteiger partial charge in [-0.05, 0) is 47.7 Å². The lowest BCUT2D eigenvalue weighted by Gasteiger charge is -2.39. The third-order valence-electron chi connectivity index (χ3n) is 7.61. The van der Waals surface area contributed by atoms with Crippen LogP contribution >= 0.6 is 0 Å². The molecule has 8 heteroatoms. The van der Waals surface area contributed by atoms with Gasteiger partial charge in [-0.25, -0.2) is 9.69 Å². The fourth-order valence-corrected chi connectivity index (χ4v) is 5.63. The van der Waals surface area contributed by atoms with Gasteiger partial charge >= 0.3 is 6.09 Å². The zero-order valence-corrected chi connectivity index (χ0v) is 22.4. The Kier molecular flexibility index (Phi) is 5.97. The highest BCUT2D eigenvalue weighted by Crippen LogP contribution is 2.57. The Bertz CT molecular complexity index is 1100. The summed E-state index contributed by atoms with van der Waals surface area (Å²) >= 11 is 0. The van der Waals surface area contributed by atoms with Crippen molar-refractivity contribution in [3.05, 3.63) is 41.1 Å². The van der Waals surface area contributed by atoms with Crippen LogP contribution in [0.15, 0.2) is 35.6 Å². The first-order valence-corrected chi connectivity index (χ1v) is 14.7. The van der Waals surface area contributed by atoms with Crippen molar-refractivity contribution >= 4 is 25.9 Å². The molecule has 1 atom stereocenters. The molecule has 184 valence electrons. The van der Waals surface area contributed by atoms with Crippen molar-refractivity contribution in [3.8, 4) is 11.5 Å². The number of allylic oxidation sites excluding steroid dienone is 3. The van der Waals surface area contributed by atoms with Gasteiger partial charge in [0, 0.05) is 24.4 Å². The Labute approximate surface area is 202 Å². The summed E-state index contributed by atoms with van der Waals surface area (Å²) in [5.41, 5.74) is 2.12. The van der Waals surface area contributed by atoms with E-state index in [1.807, 2.05) is 26.0 Å². The number of hydrogen-bond acceptors (Lipinski definition) is 6. The van der Waals surface area contributed by atoms with Crippen LogP contribution in [-0.4, -0.2) is 40.7 Å². The van der Waals surface area contributed by atoms with E-state index in [-0.39, 0.29) is 23.5 Å². The van der Waals surface area contributed by atoms with Crippen molar-refractivity contribution in [2.24, 2.45) is 5.92 Å². The SMILES string of the molecule is COC(=O)N1C2=CC(=O)C(C(C)C)=CC2(CCO[Si](C)(C)C(C)(C)C)c2cc3c(cc21)OCO3. The topological polar surface area (TPSA) is 74.3 Å². The smallest absolute Gasteiger partial charge is 0.418 e. The summed E-state index contributed by atoms with van der Waals surface area (Å²) in [6, 6.07) is 3.74. The van der Waals surface area contributed by atoms with Crippen molar-refractivity contribution in [1.29, 1.82) is 0 Å². The van der Waals surface area contributed by atoms with E-state index in [0.717, 1.165) is 11.1 Å². The minimum Gasteiger partial charge on any atom is -0.454 e. The number of anilines is 1. The van der Waals surface area contributed by atoms with E-state index in [0.29, 0.717) is 35.9 Å². The van der Waals surface area contributed by atoms with Crippen molar-refractivity contribution < 1.29 is 28.2 Å². The van der Waals surface area contributed by atoms with Crippen LogP contribution in [-0.2, 0) is 19.4 Å². The number of hydrogen-bond donors (Lipinski definition) is 0. The van der Waals surface area contributed by atoms with Crippen LogP contribution < -0.4 is 14.4 Å². The molecule has 1 aromatic carbocycles. The van der Waals surface area contributed by atoms with Crippen LogP contribution in [0.4, 0.5) is 10.5 Å². The molecule has 34 heavy (non-hydrogen) atoms. The second kappa shape index (κ2) is 8.27. The zero-order valence-electron chi connectivity index (χ0n) is 21.4. The molecule has 2 aliphatic heterocycles. The molecule has 3 aliphatic rings. The predicted molar refractivity (Wildman–Crippen MR) is 133 cm³/mol. The maximum Gasteiger partial charge on any atom is 0.418 e. The Morgan fingerprint density at radius 2 is 1.85 bits per heavy atom. The van der Waals surface area contributed by atoms with Crippen LogP contribution in [0.1, 0.15) is 46.6 Å². The van der Waals surface area contributed by atoms with Gasteiger partial charge in [0.1, 0.15) is 0 Å². The van der Waals surface area contributed by atoms with E-state index in [4.69, 9.17) is 18.6 Å². The van der Waals surface area contributed by atoms with Gasteiger partial charge in [-0.2, -0.15) is 0 Å². The summed E-state index contributed by atoms with van der Waals surface area (Å²) in [6.45, 7) is 15.7. The standard InChI is InChI=1S/C26H35NO6Si/c1-16(2)17-14-26(9-10-33-34(7,8)25(3,4)5)18-11-21-22(32-15-31-21)12-19(18)27(24(29)30-6)23(26)13-20(17)28/h11-14,16H,9-10,15H2,1-8H3. The summed E-state index contributed by atoms with van der Waals surface area (Å²) in [5.74, 6) is 1.14. The first-order valence-electron chi connectivity index (χ1n) is 11.8. The van der Waals surface area contributed by atoms with E-state index in [2.05, 4.69) is 33.9 Å². The summed E-state index contributed by atoms with van der Waals surface area (Å²) in [5, 5.41) is 0.0719. The maximum atomic E-state index is 13.1. The monoisotopic (exact) mass is 485 g/mol. The highest BCUT2D eigenvalue weighted by atomic mass is 28.4. The van der Waals surface area contributed by atoms with E-state index in [9.17, 15) is 9.59 Å². The van der Waals surface area contributed by atoms with Crippen molar-refractivity contribution in [2.75, 3.05) is 25.4 Å². The highest BCUT2D eigenvalue weighted by Gasteiger charge is 2.52. The number of ether oxygens (including phenoxy) is 3. The largest absolute Gasteiger partial charge is 0.454 e. The second-order valence-electron chi connectivity index (χ2n) is 11.0. The third-order valence-corrected chi connectivity index (χ3v) is 12.1. The Balaban J connectivity index is 1.87. The molecule has 1 amide bonds. The molecular formula is C26H35NO6Si. The van der Waals surface area contributed by atoms with Gasteiger partial charge < -0.3 is 18.6 Å². The number of nitrogens with zero attached hydrogens (tertiary/aromatic N) is 1. The average molecular weight is 486 g/mol. The number of amides is 1. The number of ketones is 1. The lowest BCUT2D eigenvalue weighted by Crippen LogP contribution is -2.43. The van der Waals surface area contributed by atoms with E-state index < -0.39 is 19.8 Å². The Morgan fingerprint density at radius 3 is 2.44 bits per heavy atom. The first-order chi connectivity index (χ1) is 15.8. The fraction of sp³-hybridized carbons (Fsp3) is 0.538. The summed E-state index contributed by atoms with van der Waals surface area (Å²) < 4.78 is 23.0. The molecule has 0 radical (unpaired) electrons. The quantitative estimate of drug-likeness (QED) is 0.498. The molecule has 0 saturated heterocycles. The van der Waals surface area contributed by atoms with Gasteiger partial charge in [-0.3, -0.25) is 4.79 Å². The average Bonchev–Trinajstić information content (AvgIpc) is 3.30. The summed E-state index contributed by atoms with van der Waals surface area (Å²) in [7, 11) is -0.657. The van der Waals surface area contributed by atoms with E-state index in [1.165, 1.54) is 12.0 Å². The van der Waals surface area contributed by atoms with Crippen LogP contribution in [0.25, 0.3) is 0 Å². The number of benzene rings is 1. The van der Waals surface area contributed by atoms with Crippen LogP contribution in [0.5, 0.6) is 11.5 Å². The van der Waals surface area contributed by atoms with Crippen molar-refractivity contribution in [1.82, 2.24) is 0 Å². The molecule has 0 saturated carbocycles. The lowest BCUT2D eigenvalue weighted by atomic mass is 9.71. The van der Waals surface area contributed by atoms with Gasteiger partial charge in [-0.1, -0.05) is 40.7 Å². The minimum absolute atomic E-state index is 0.0353. The van der Waals surface area contributed by atoms with Gasteiger partial charge in [0.2, 0.25) is 6.79 Å². The summed E-state index contributed by atoms with van der Waals surface area (Å²) in [6.07, 6.45) is 3.65. The van der Waals surface area contributed by atoms with Gasteiger partial charge in [0.05, 0.1) is 18.2 Å². The van der Waals surface area contributed by atoms with Crippen molar-refractivity contribution in [3.63, 3.8) is 0 Å². The molecule has 1 aromatic rings. The van der Waals surface area contributed by atoms with Crippen LogP contribution in [0, 0.1) is 5.92 Å². The highest BCUT2D eigenvalue weighted by molar-refractivity contribution is 6.74. The Morgan fingerprint density at radius 1 is 1.21 bits per heavy atom. The van der Waals surface area contributed by atoms with E-state index >= 15 is 0 Å². The molecule has 0 bridgehead atoms. The van der Waals surface area contributed by atoms with Crippen LogP contribution in [0.2, 0.25) is 18.1 Å². The molecule has 4 rings (SSSR count). The zero-order chi connectivity index (χ0) is 25.1. The third kappa shape index (κ3) is 3.77. The van der Waals surface area contributed by atoms with Gasteiger partial charge in [0.25, 0.3) is 0 Å². The molecule has 0 N–H and O–H groups in total. The summed E-state index contributed by atoms with van der Waals surface area (Å²) in [4.78, 5) is 27.6. The molecular weight excluding hydrogens is 450 g/mol. The molecule has 0 aromatic heterocycles. The lowest BCUT2D eigenvalue weighted by molar-refractivity contribution is -0.112. The van der Waals surface area contributed by atoms with Crippen molar-refractivity contribution in [2.45, 2.75) is 64.6 Å². The van der Waals surface area contributed by atoms with E-state index in [1.54, 1.807) is 12.1 Å².